The van der Waals surface area contributed by atoms with Crippen LogP contribution < -0.4 is 15.4 Å². The number of rotatable bonds is 7. The SMILES string of the molecule is O=C(NCCCCl)NCCOc1ccccc1. The molecule has 2 amide bonds. The molecule has 1 rings (SSSR count). The maximum Gasteiger partial charge on any atom is 0.314 e. The molecule has 0 fully saturated rings. The van der Waals surface area contributed by atoms with Crippen molar-refractivity contribution >= 4 is 17.6 Å². The van der Waals surface area contributed by atoms with E-state index in [1.807, 2.05) is 30.3 Å². The summed E-state index contributed by atoms with van der Waals surface area (Å²) in [5.74, 6) is 1.36. The number of nitrogens with one attached hydrogen (secondary N) is 2. The summed E-state index contributed by atoms with van der Waals surface area (Å²) in [6, 6.07) is 9.30. The molecular weight excluding hydrogens is 240 g/mol. The molecule has 0 unspecified atom stereocenters. The number of urea groups is 1. The predicted molar refractivity (Wildman–Crippen MR) is 68.7 cm³/mol. The van der Waals surface area contributed by atoms with Crippen molar-refractivity contribution in [3.8, 4) is 5.75 Å². The first-order valence-corrected chi connectivity index (χ1v) is 6.12. The number of benzene rings is 1. The lowest BCUT2D eigenvalue weighted by atomic mass is 10.3. The molecule has 94 valence electrons. The molecule has 0 spiro atoms. The number of para-hydroxylation sites is 1. The number of hydrogen-bond donors (Lipinski definition) is 2. The van der Waals surface area contributed by atoms with E-state index in [-0.39, 0.29) is 6.03 Å². The molecule has 0 aliphatic carbocycles. The molecule has 0 heterocycles. The molecule has 2 N–H and O–H groups in total. The summed E-state index contributed by atoms with van der Waals surface area (Å²) < 4.78 is 5.42. The molecule has 1 aromatic carbocycles. The average Bonchev–Trinajstić information content (AvgIpc) is 2.36. The van der Waals surface area contributed by atoms with Gasteiger partial charge in [-0.2, -0.15) is 0 Å². The molecule has 4 nitrogen and oxygen atoms in total. The summed E-state index contributed by atoms with van der Waals surface area (Å²) in [5, 5.41) is 5.39. The van der Waals surface area contributed by atoms with Crippen LogP contribution in [0.2, 0.25) is 0 Å². The third-order valence-corrected chi connectivity index (χ3v) is 2.26. The van der Waals surface area contributed by atoms with Crippen LogP contribution in [0.15, 0.2) is 30.3 Å². The zero-order chi connectivity index (χ0) is 12.3. The molecule has 1 aromatic rings. The maximum absolute atomic E-state index is 11.2. The fourth-order valence-electron chi connectivity index (χ4n) is 1.18. The van der Waals surface area contributed by atoms with E-state index in [9.17, 15) is 4.79 Å². The zero-order valence-electron chi connectivity index (χ0n) is 9.62. The number of alkyl halides is 1. The quantitative estimate of drug-likeness (QED) is 0.579. The fraction of sp³-hybridized carbons (Fsp3) is 0.417. The van der Waals surface area contributed by atoms with Crippen molar-refractivity contribution in [2.75, 3.05) is 25.6 Å². The third kappa shape index (κ3) is 6.68. The highest BCUT2D eigenvalue weighted by atomic mass is 35.5. The first-order valence-electron chi connectivity index (χ1n) is 5.58. The molecule has 0 bridgehead atoms. The molecule has 0 aliphatic rings. The monoisotopic (exact) mass is 256 g/mol. The molecule has 17 heavy (non-hydrogen) atoms. The minimum atomic E-state index is -0.188. The number of amides is 2. The largest absolute Gasteiger partial charge is 0.492 e. The Hall–Kier alpha value is -1.42. The molecule has 0 saturated heterocycles. The van der Waals surface area contributed by atoms with Crippen molar-refractivity contribution in [2.45, 2.75) is 6.42 Å². The van der Waals surface area contributed by atoms with E-state index in [4.69, 9.17) is 16.3 Å². The molecule has 5 heteroatoms. The van der Waals surface area contributed by atoms with Crippen molar-refractivity contribution in [1.82, 2.24) is 10.6 Å². The second-order valence-electron chi connectivity index (χ2n) is 3.39. The van der Waals surface area contributed by atoms with Gasteiger partial charge in [-0.15, -0.1) is 11.6 Å². The van der Waals surface area contributed by atoms with Crippen LogP contribution in [0.3, 0.4) is 0 Å². The molecule has 0 atom stereocenters. The summed E-state index contributed by atoms with van der Waals surface area (Å²) in [5.41, 5.74) is 0. The second kappa shape index (κ2) is 8.70. The number of hydrogen-bond acceptors (Lipinski definition) is 2. The lowest BCUT2D eigenvalue weighted by Crippen LogP contribution is -2.38. The zero-order valence-corrected chi connectivity index (χ0v) is 10.4. The Kier molecular flexibility index (Phi) is 6.98. The number of ether oxygens (including phenoxy) is 1. The predicted octanol–water partition coefficient (Wildman–Crippen LogP) is 1.99. The van der Waals surface area contributed by atoms with E-state index < -0.39 is 0 Å². The highest BCUT2D eigenvalue weighted by Crippen LogP contribution is 2.07. The van der Waals surface area contributed by atoms with Crippen molar-refractivity contribution < 1.29 is 9.53 Å². The van der Waals surface area contributed by atoms with Crippen molar-refractivity contribution in [3.63, 3.8) is 0 Å². The van der Waals surface area contributed by atoms with Crippen molar-refractivity contribution in [3.05, 3.63) is 30.3 Å². The lowest BCUT2D eigenvalue weighted by molar-refractivity contribution is 0.236. The van der Waals surface area contributed by atoms with E-state index in [1.54, 1.807) is 0 Å². The van der Waals surface area contributed by atoms with Gasteiger partial charge in [-0.1, -0.05) is 18.2 Å². The van der Waals surface area contributed by atoms with Crippen LogP contribution in [0, 0.1) is 0 Å². The van der Waals surface area contributed by atoms with Crippen LogP contribution in [0.25, 0.3) is 0 Å². The van der Waals surface area contributed by atoms with Gasteiger partial charge in [-0.05, 0) is 18.6 Å². The third-order valence-electron chi connectivity index (χ3n) is 2.00. The van der Waals surface area contributed by atoms with E-state index in [0.717, 1.165) is 12.2 Å². The Labute approximate surface area is 106 Å². The van der Waals surface area contributed by atoms with Crippen molar-refractivity contribution in [2.24, 2.45) is 0 Å². The number of carbonyl (C=O) groups is 1. The van der Waals surface area contributed by atoms with Crippen LogP contribution >= 0.6 is 11.6 Å². The second-order valence-corrected chi connectivity index (χ2v) is 3.76. The van der Waals surface area contributed by atoms with Gasteiger partial charge in [0, 0.05) is 12.4 Å². The highest BCUT2D eigenvalue weighted by molar-refractivity contribution is 6.17. The van der Waals surface area contributed by atoms with Gasteiger partial charge in [0.1, 0.15) is 12.4 Å². The summed E-state index contributed by atoms with van der Waals surface area (Å²) in [6.07, 6.45) is 0.773. The Bertz CT molecular complexity index is 320. The van der Waals surface area contributed by atoms with Gasteiger partial charge in [0.25, 0.3) is 0 Å². The first-order chi connectivity index (χ1) is 8.33. The fourth-order valence-corrected chi connectivity index (χ4v) is 1.32. The van der Waals surface area contributed by atoms with Gasteiger partial charge >= 0.3 is 6.03 Å². The van der Waals surface area contributed by atoms with Gasteiger partial charge in [0.05, 0.1) is 6.54 Å². The van der Waals surface area contributed by atoms with E-state index in [1.165, 1.54) is 0 Å². The molecule has 0 radical (unpaired) electrons. The van der Waals surface area contributed by atoms with E-state index in [0.29, 0.717) is 25.6 Å². The lowest BCUT2D eigenvalue weighted by Gasteiger charge is -2.08. The minimum Gasteiger partial charge on any atom is -0.492 e. The summed E-state index contributed by atoms with van der Waals surface area (Å²) in [6.45, 7) is 1.52. The standard InChI is InChI=1S/C12H17ClN2O2/c13-7-4-8-14-12(16)15-9-10-17-11-5-2-1-3-6-11/h1-3,5-6H,4,7-10H2,(H2,14,15,16). The van der Waals surface area contributed by atoms with Crippen LogP contribution in [-0.4, -0.2) is 31.6 Å². The highest BCUT2D eigenvalue weighted by Gasteiger charge is 1.98. The number of carbonyl (C=O) groups excluding carboxylic acids is 1. The molecular formula is C12H17ClN2O2. The van der Waals surface area contributed by atoms with Gasteiger partial charge in [-0.25, -0.2) is 4.79 Å². The topological polar surface area (TPSA) is 50.4 Å². The van der Waals surface area contributed by atoms with Crippen LogP contribution in [0.5, 0.6) is 5.75 Å². The van der Waals surface area contributed by atoms with Gasteiger partial charge in [0.15, 0.2) is 0 Å². The first kappa shape index (κ1) is 13.6. The molecule has 0 aliphatic heterocycles. The summed E-state index contributed by atoms with van der Waals surface area (Å²) in [4.78, 5) is 11.2. The van der Waals surface area contributed by atoms with Gasteiger partial charge in [-0.3, -0.25) is 0 Å². The Morgan fingerprint density at radius 3 is 2.59 bits per heavy atom. The average molecular weight is 257 g/mol. The Morgan fingerprint density at radius 1 is 1.18 bits per heavy atom. The molecule has 0 saturated carbocycles. The van der Waals surface area contributed by atoms with Crippen LogP contribution in [-0.2, 0) is 0 Å². The summed E-state index contributed by atoms with van der Waals surface area (Å²) in [7, 11) is 0. The van der Waals surface area contributed by atoms with Gasteiger partial charge < -0.3 is 15.4 Å². The van der Waals surface area contributed by atoms with Gasteiger partial charge in [0.2, 0.25) is 0 Å². The van der Waals surface area contributed by atoms with Crippen LogP contribution in [0.1, 0.15) is 6.42 Å². The molecule has 0 aromatic heterocycles. The number of halogens is 1. The van der Waals surface area contributed by atoms with Crippen LogP contribution in [0.4, 0.5) is 4.79 Å². The van der Waals surface area contributed by atoms with E-state index >= 15 is 0 Å². The smallest absolute Gasteiger partial charge is 0.314 e. The van der Waals surface area contributed by atoms with Crippen molar-refractivity contribution in [1.29, 1.82) is 0 Å². The summed E-state index contributed by atoms with van der Waals surface area (Å²) >= 11 is 5.49. The Balaban J connectivity index is 2.02. The minimum absolute atomic E-state index is 0.188. The Morgan fingerprint density at radius 2 is 1.88 bits per heavy atom. The normalized spacial score (nSPS) is 9.71. The maximum atomic E-state index is 11.2. The van der Waals surface area contributed by atoms with E-state index in [2.05, 4.69) is 10.6 Å².